The van der Waals surface area contributed by atoms with Crippen molar-refractivity contribution in [3.8, 4) is 0 Å². The highest BCUT2D eigenvalue weighted by atomic mass is 19.1. The van der Waals surface area contributed by atoms with Gasteiger partial charge in [-0.15, -0.1) is 0 Å². The third-order valence-corrected chi connectivity index (χ3v) is 6.97. The van der Waals surface area contributed by atoms with Gasteiger partial charge in [0.1, 0.15) is 11.6 Å². The predicted molar refractivity (Wildman–Crippen MR) is 132 cm³/mol. The number of carbonyl (C=O) groups is 1. The average molecular weight is 447 g/mol. The third kappa shape index (κ3) is 4.95. The number of nitrogens with zero attached hydrogens (tertiary/aromatic N) is 3. The monoisotopic (exact) mass is 446 g/mol. The Labute approximate surface area is 194 Å². The van der Waals surface area contributed by atoms with Crippen LogP contribution in [-0.4, -0.2) is 43.1 Å². The minimum Gasteiger partial charge on any atom is -0.368 e. The number of hydrogen-bond acceptors (Lipinski definition) is 4. The molecule has 0 bridgehead atoms. The van der Waals surface area contributed by atoms with Gasteiger partial charge in [-0.25, -0.2) is 9.37 Å². The van der Waals surface area contributed by atoms with Gasteiger partial charge in [-0.1, -0.05) is 31.7 Å². The number of piperazine rings is 1. The number of fused-ring (bicyclic) bond motifs is 1. The molecule has 0 radical (unpaired) electrons. The maximum atomic E-state index is 13.3. The van der Waals surface area contributed by atoms with Crippen LogP contribution in [0.4, 0.5) is 15.9 Å². The van der Waals surface area contributed by atoms with Gasteiger partial charge in [0.2, 0.25) is 0 Å². The molecule has 2 fully saturated rings. The fraction of sp³-hybridized carbons (Fsp3) is 0.407. The number of aromatic nitrogens is 1. The fourth-order valence-corrected chi connectivity index (χ4v) is 5.07. The average Bonchev–Trinajstić information content (AvgIpc) is 3.12. The van der Waals surface area contributed by atoms with E-state index in [9.17, 15) is 9.18 Å². The molecular formula is C27H31FN4O. The largest absolute Gasteiger partial charge is 0.368 e. The zero-order valence-corrected chi connectivity index (χ0v) is 19.0. The maximum Gasteiger partial charge on any atom is 0.251 e. The summed E-state index contributed by atoms with van der Waals surface area (Å²) in [7, 11) is 0. The normalized spacial score (nSPS) is 17.7. The van der Waals surface area contributed by atoms with E-state index in [0.29, 0.717) is 5.56 Å². The van der Waals surface area contributed by atoms with Crippen molar-refractivity contribution in [2.24, 2.45) is 0 Å². The molecule has 1 aliphatic carbocycles. The van der Waals surface area contributed by atoms with E-state index in [0.717, 1.165) is 61.3 Å². The highest BCUT2D eigenvalue weighted by Crippen LogP contribution is 2.28. The number of benzene rings is 2. The first kappa shape index (κ1) is 21.7. The maximum absolute atomic E-state index is 13.3. The van der Waals surface area contributed by atoms with Crippen molar-refractivity contribution in [3.05, 3.63) is 66.1 Å². The Morgan fingerprint density at radius 1 is 0.879 bits per heavy atom. The van der Waals surface area contributed by atoms with E-state index in [1.165, 1.54) is 37.8 Å². The van der Waals surface area contributed by atoms with Crippen molar-refractivity contribution in [1.82, 2.24) is 10.3 Å². The van der Waals surface area contributed by atoms with Crippen LogP contribution in [0.5, 0.6) is 0 Å². The summed E-state index contributed by atoms with van der Waals surface area (Å²) in [5.41, 5.74) is 1.74. The molecule has 2 aromatic carbocycles. The Kier molecular flexibility index (Phi) is 6.42. The summed E-state index contributed by atoms with van der Waals surface area (Å²) in [4.78, 5) is 22.3. The lowest BCUT2D eigenvalue weighted by molar-refractivity contribution is 0.0933. The van der Waals surface area contributed by atoms with Crippen LogP contribution in [0.25, 0.3) is 10.8 Å². The Bertz CT molecular complexity index is 1100. The molecule has 1 saturated heterocycles. The van der Waals surface area contributed by atoms with Gasteiger partial charge in [-0.05, 0) is 60.7 Å². The number of nitrogens with one attached hydrogen (secondary N) is 1. The zero-order chi connectivity index (χ0) is 22.6. The van der Waals surface area contributed by atoms with Gasteiger partial charge in [0.25, 0.3) is 5.91 Å². The van der Waals surface area contributed by atoms with E-state index in [1.807, 2.05) is 42.6 Å². The lowest BCUT2D eigenvalue weighted by Crippen LogP contribution is -2.46. The molecule has 2 aliphatic rings. The standard InChI is InChI=1S/C27H31FN4O/c28-22-9-11-24(12-10-22)31-15-17-32(18-16-31)26-25-19-21(8-7-20(25)13-14-29-26)27(33)30-23-5-3-1-2-4-6-23/h7-14,19,23H,1-6,15-18H2,(H,30,33). The second kappa shape index (κ2) is 9.77. The Morgan fingerprint density at radius 3 is 2.30 bits per heavy atom. The highest BCUT2D eigenvalue weighted by molar-refractivity contribution is 6.01. The predicted octanol–water partition coefficient (Wildman–Crippen LogP) is 5.15. The van der Waals surface area contributed by atoms with Crippen molar-refractivity contribution >= 4 is 28.2 Å². The molecule has 5 rings (SSSR count). The minimum absolute atomic E-state index is 0.0136. The molecule has 172 valence electrons. The number of amides is 1. The molecule has 0 atom stereocenters. The fourth-order valence-electron chi connectivity index (χ4n) is 5.07. The summed E-state index contributed by atoms with van der Waals surface area (Å²) in [5.74, 6) is 0.728. The highest BCUT2D eigenvalue weighted by Gasteiger charge is 2.21. The first-order chi connectivity index (χ1) is 16.2. The van der Waals surface area contributed by atoms with Gasteiger partial charge in [0.15, 0.2) is 0 Å². The Hall–Kier alpha value is -3.15. The van der Waals surface area contributed by atoms with Gasteiger partial charge >= 0.3 is 0 Å². The third-order valence-electron chi connectivity index (χ3n) is 6.97. The second-order valence-corrected chi connectivity index (χ2v) is 9.18. The van der Waals surface area contributed by atoms with Crippen LogP contribution in [0.3, 0.4) is 0 Å². The first-order valence-electron chi connectivity index (χ1n) is 12.1. The van der Waals surface area contributed by atoms with Crippen LogP contribution in [0.15, 0.2) is 54.7 Å². The van der Waals surface area contributed by atoms with Crippen LogP contribution in [0.2, 0.25) is 0 Å². The molecule has 0 unspecified atom stereocenters. The summed E-state index contributed by atoms with van der Waals surface area (Å²) in [6, 6.07) is 14.9. The van der Waals surface area contributed by atoms with E-state index in [2.05, 4.69) is 15.1 Å². The van der Waals surface area contributed by atoms with E-state index >= 15 is 0 Å². The summed E-state index contributed by atoms with van der Waals surface area (Å²) < 4.78 is 13.3. The molecule has 5 nitrogen and oxygen atoms in total. The number of rotatable bonds is 4. The van der Waals surface area contributed by atoms with Crippen LogP contribution >= 0.6 is 0 Å². The summed E-state index contributed by atoms with van der Waals surface area (Å²) in [6.07, 6.45) is 8.92. The number of halogens is 1. The quantitative estimate of drug-likeness (QED) is 0.563. The van der Waals surface area contributed by atoms with Crippen LogP contribution in [0.1, 0.15) is 48.9 Å². The van der Waals surface area contributed by atoms with Crippen LogP contribution in [-0.2, 0) is 0 Å². The molecule has 1 amide bonds. The topological polar surface area (TPSA) is 48.5 Å². The smallest absolute Gasteiger partial charge is 0.251 e. The van der Waals surface area contributed by atoms with Crippen molar-refractivity contribution in [3.63, 3.8) is 0 Å². The van der Waals surface area contributed by atoms with Gasteiger partial charge in [0, 0.05) is 55.1 Å². The minimum atomic E-state index is -0.212. The number of hydrogen-bond donors (Lipinski definition) is 1. The first-order valence-corrected chi connectivity index (χ1v) is 12.1. The molecule has 33 heavy (non-hydrogen) atoms. The summed E-state index contributed by atoms with van der Waals surface area (Å²) in [5, 5.41) is 5.37. The SMILES string of the molecule is O=C(NC1CCCCCC1)c1ccc2ccnc(N3CCN(c4ccc(F)cc4)CC3)c2c1. The number of pyridine rings is 1. The van der Waals surface area contributed by atoms with E-state index in [1.54, 1.807) is 0 Å². The molecule has 6 heteroatoms. The van der Waals surface area contributed by atoms with E-state index < -0.39 is 0 Å². The van der Waals surface area contributed by atoms with Crippen LogP contribution < -0.4 is 15.1 Å². The lowest BCUT2D eigenvalue weighted by Gasteiger charge is -2.37. The summed E-state index contributed by atoms with van der Waals surface area (Å²) in [6.45, 7) is 3.32. The van der Waals surface area contributed by atoms with Gasteiger partial charge in [0.05, 0.1) is 0 Å². The molecule has 3 aromatic rings. The van der Waals surface area contributed by atoms with Crippen molar-refractivity contribution in [2.75, 3.05) is 36.0 Å². The van der Waals surface area contributed by atoms with Crippen LogP contribution in [0, 0.1) is 5.82 Å². The molecule has 1 aliphatic heterocycles. The Balaban J connectivity index is 1.32. The number of anilines is 2. The molecule has 2 heterocycles. The lowest BCUT2D eigenvalue weighted by atomic mass is 10.1. The zero-order valence-electron chi connectivity index (χ0n) is 19.0. The molecule has 1 aromatic heterocycles. The van der Waals surface area contributed by atoms with Gasteiger partial charge < -0.3 is 15.1 Å². The van der Waals surface area contributed by atoms with Gasteiger partial charge in [-0.2, -0.15) is 0 Å². The number of carbonyl (C=O) groups excluding carboxylic acids is 1. The second-order valence-electron chi connectivity index (χ2n) is 9.18. The Morgan fingerprint density at radius 2 is 1.58 bits per heavy atom. The van der Waals surface area contributed by atoms with Crippen molar-refractivity contribution in [2.45, 2.75) is 44.6 Å². The molecule has 1 saturated carbocycles. The molecule has 0 spiro atoms. The molecule has 1 N–H and O–H groups in total. The van der Waals surface area contributed by atoms with E-state index in [-0.39, 0.29) is 17.8 Å². The van der Waals surface area contributed by atoms with Crippen molar-refractivity contribution in [1.29, 1.82) is 0 Å². The summed E-state index contributed by atoms with van der Waals surface area (Å²) >= 11 is 0. The van der Waals surface area contributed by atoms with Gasteiger partial charge in [-0.3, -0.25) is 4.79 Å². The van der Waals surface area contributed by atoms with Crippen molar-refractivity contribution < 1.29 is 9.18 Å². The molecular weight excluding hydrogens is 415 g/mol. The van der Waals surface area contributed by atoms with E-state index in [4.69, 9.17) is 4.98 Å².